The molecule has 0 aliphatic heterocycles. The van der Waals surface area contributed by atoms with E-state index in [-0.39, 0.29) is 13.2 Å². The number of rotatable bonds is 6. The van der Waals surface area contributed by atoms with Gasteiger partial charge in [0.15, 0.2) is 0 Å². The Balaban J connectivity index is 2.86. The summed E-state index contributed by atoms with van der Waals surface area (Å²) in [6, 6.07) is 6.71. The zero-order valence-corrected chi connectivity index (χ0v) is 8.95. The van der Waals surface area contributed by atoms with E-state index in [2.05, 4.69) is 0 Å². The molecule has 88 valence electrons. The Kier molecular flexibility index (Phi) is 5.27. The molecule has 6 heteroatoms. The van der Waals surface area contributed by atoms with Crippen molar-refractivity contribution in [1.29, 1.82) is 0 Å². The summed E-state index contributed by atoms with van der Waals surface area (Å²) in [7, 11) is -1.51. The van der Waals surface area contributed by atoms with E-state index in [0.717, 1.165) is 5.69 Å². The maximum absolute atomic E-state index is 9.03. The van der Waals surface area contributed by atoms with Crippen molar-refractivity contribution in [2.75, 3.05) is 31.2 Å². The molecule has 16 heavy (non-hydrogen) atoms. The molecule has 0 aromatic heterocycles. The fourth-order valence-electron chi connectivity index (χ4n) is 1.49. The fraction of sp³-hybridized carbons (Fsp3) is 0.400. The van der Waals surface area contributed by atoms with Crippen molar-refractivity contribution < 1.29 is 20.3 Å². The Labute approximate surface area is 94.7 Å². The zero-order valence-electron chi connectivity index (χ0n) is 8.95. The number of benzene rings is 1. The molecule has 0 saturated carbocycles. The average molecular weight is 225 g/mol. The van der Waals surface area contributed by atoms with Crippen LogP contribution in [0.2, 0.25) is 0 Å². The van der Waals surface area contributed by atoms with Crippen molar-refractivity contribution in [3.05, 3.63) is 24.3 Å². The fourth-order valence-corrected chi connectivity index (χ4v) is 1.49. The molecular weight excluding hydrogens is 209 g/mol. The quantitative estimate of drug-likeness (QED) is 0.427. The van der Waals surface area contributed by atoms with Crippen LogP contribution in [0.3, 0.4) is 0 Å². The van der Waals surface area contributed by atoms with E-state index in [1.54, 1.807) is 29.2 Å². The smallest absolute Gasteiger partial charge is 0.423 e. The first-order valence-corrected chi connectivity index (χ1v) is 5.11. The number of nitrogens with zero attached hydrogens (tertiary/aromatic N) is 1. The molecular formula is C10H16BNO4. The summed E-state index contributed by atoms with van der Waals surface area (Å²) in [4.78, 5) is 1.77. The number of hydrogen-bond donors (Lipinski definition) is 4. The molecule has 0 amide bonds. The Hall–Kier alpha value is -1.08. The van der Waals surface area contributed by atoms with Crippen molar-refractivity contribution in [1.82, 2.24) is 0 Å². The molecule has 1 rings (SSSR count). The largest absolute Gasteiger partial charge is 0.488 e. The standard InChI is InChI=1S/C10H16BNO4/c13-6-4-12(5-7-14)10-3-1-2-9(8-10)11(15)16/h1-3,8,13-16H,4-7H2. The molecule has 0 unspecified atom stereocenters. The van der Waals surface area contributed by atoms with Gasteiger partial charge in [-0.05, 0) is 17.6 Å². The van der Waals surface area contributed by atoms with Crippen LogP contribution in [0.5, 0.6) is 0 Å². The SMILES string of the molecule is OCCN(CCO)c1cccc(B(O)O)c1. The third-order valence-corrected chi connectivity index (χ3v) is 2.27. The van der Waals surface area contributed by atoms with Crippen LogP contribution in [0.4, 0.5) is 5.69 Å². The van der Waals surface area contributed by atoms with Gasteiger partial charge < -0.3 is 25.2 Å². The van der Waals surface area contributed by atoms with Crippen molar-refractivity contribution >= 4 is 18.3 Å². The van der Waals surface area contributed by atoms with Crippen LogP contribution < -0.4 is 10.4 Å². The van der Waals surface area contributed by atoms with Gasteiger partial charge in [-0.25, -0.2) is 0 Å². The summed E-state index contributed by atoms with van der Waals surface area (Å²) in [5.74, 6) is 0. The van der Waals surface area contributed by atoms with Gasteiger partial charge in [-0.3, -0.25) is 0 Å². The highest BCUT2D eigenvalue weighted by atomic mass is 16.4. The molecule has 1 aromatic carbocycles. The minimum Gasteiger partial charge on any atom is -0.423 e. The highest BCUT2D eigenvalue weighted by Gasteiger charge is 2.13. The summed E-state index contributed by atoms with van der Waals surface area (Å²) in [5.41, 5.74) is 1.13. The highest BCUT2D eigenvalue weighted by Crippen LogP contribution is 2.11. The zero-order chi connectivity index (χ0) is 12.0. The third kappa shape index (κ3) is 3.50. The van der Waals surface area contributed by atoms with E-state index in [1.165, 1.54) is 0 Å². The molecule has 0 aliphatic carbocycles. The molecule has 0 spiro atoms. The van der Waals surface area contributed by atoms with Crippen LogP contribution in [0.15, 0.2) is 24.3 Å². The average Bonchev–Trinajstić information content (AvgIpc) is 2.29. The van der Waals surface area contributed by atoms with Gasteiger partial charge >= 0.3 is 7.12 Å². The number of aliphatic hydroxyl groups excluding tert-OH is 2. The van der Waals surface area contributed by atoms with Gasteiger partial charge in [0, 0.05) is 18.8 Å². The molecule has 0 fully saturated rings. The third-order valence-electron chi connectivity index (χ3n) is 2.27. The van der Waals surface area contributed by atoms with Gasteiger partial charge in [-0.1, -0.05) is 12.1 Å². The molecule has 0 aliphatic rings. The van der Waals surface area contributed by atoms with E-state index >= 15 is 0 Å². The second-order valence-corrected chi connectivity index (χ2v) is 3.40. The van der Waals surface area contributed by atoms with Crippen LogP contribution in [-0.2, 0) is 0 Å². The van der Waals surface area contributed by atoms with Gasteiger partial charge in [-0.2, -0.15) is 0 Å². The molecule has 0 heterocycles. The topological polar surface area (TPSA) is 84.2 Å². The minimum absolute atomic E-state index is 0.0219. The first kappa shape index (κ1) is 13.0. The van der Waals surface area contributed by atoms with Crippen LogP contribution >= 0.6 is 0 Å². The summed E-state index contributed by atoms with van der Waals surface area (Å²) in [6.45, 7) is 0.745. The lowest BCUT2D eigenvalue weighted by Gasteiger charge is -2.23. The molecule has 0 atom stereocenters. The molecule has 0 radical (unpaired) electrons. The monoisotopic (exact) mass is 225 g/mol. The molecule has 5 nitrogen and oxygen atoms in total. The van der Waals surface area contributed by atoms with Gasteiger partial charge in [0.1, 0.15) is 0 Å². The van der Waals surface area contributed by atoms with Crippen LogP contribution in [-0.4, -0.2) is 53.7 Å². The lowest BCUT2D eigenvalue weighted by Crippen LogP contribution is -2.33. The molecule has 0 bridgehead atoms. The highest BCUT2D eigenvalue weighted by molar-refractivity contribution is 6.58. The molecule has 0 saturated heterocycles. The first-order valence-electron chi connectivity index (χ1n) is 5.11. The maximum Gasteiger partial charge on any atom is 0.488 e. The Morgan fingerprint density at radius 3 is 2.19 bits per heavy atom. The van der Waals surface area contributed by atoms with Gasteiger partial charge in [-0.15, -0.1) is 0 Å². The van der Waals surface area contributed by atoms with Crippen LogP contribution in [0.25, 0.3) is 0 Å². The summed E-state index contributed by atoms with van der Waals surface area (Å²) in [5, 5.41) is 35.8. The maximum atomic E-state index is 9.03. The summed E-state index contributed by atoms with van der Waals surface area (Å²) < 4.78 is 0. The number of aliphatic hydroxyl groups is 2. The van der Waals surface area contributed by atoms with E-state index < -0.39 is 7.12 Å². The Morgan fingerprint density at radius 1 is 1.06 bits per heavy atom. The van der Waals surface area contributed by atoms with Gasteiger partial charge in [0.05, 0.1) is 13.2 Å². The van der Waals surface area contributed by atoms with Crippen molar-refractivity contribution in [2.24, 2.45) is 0 Å². The lowest BCUT2D eigenvalue weighted by atomic mass is 9.80. The van der Waals surface area contributed by atoms with E-state index in [4.69, 9.17) is 20.3 Å². The van der Waals surface area contributed by atoms with Crippen molar-refractivity contribution in [2.45, 2.75) is 0 Å². The minimum atomic E-state index is -1.51. The Bertz CT molecular complexity index is 315. The van der Waals surface area contributed by atoms with E-state index in [9.17, 15) is 0 Å². The lowest BCUT2D eigenvalue weighted by molar-refractivity contribution is 0.281. The van der Waals surface area contributed by atoms with Crippen LogP contribution in [0, 0.1) is 0 Å². The molecule has 1 aromatic rings. The summed E-state index contributed by atoms with van der Waals surface area (Å²) >= 11 is 0. The summed E-state index contributed by atoms with van der Waals surface area (Å²) in [6.07, 6.45) is 0. The van der Waals surface area contributed by atoms with Gasteiger partial charge in [0.2, 0.25) is 0 Å². The Morgan fingerprint density at radius 2 is 1.69 bits per heavy atom. The normalized spacial score (nSPS) is 10.2. The number of anilines is 1. The second kappa shape index (κ2) is 6.50. The second-order valence-electron chi connectivity index (χ2n) is 3.40. The predicted octanol–water partition coefficient (Wildman–Crippen LogP) is -1.84. The van der Waals surface area contributed by atoms with E-state index in [1.807, 2.05) is 0 Å². The van der Waals surface area contributed by atoms with Crippen LogP contribution in [0.1, 0.15) is 0 Å². The first-order chi connectivity index (χ1) is 7.69. The van der Waals surface area contributed by atoms with Crippen molar-refractivity contribution in [3.8, 4) is 0 Å². The van der Waals surface area contributed by atoms with Crippen molar-refractivity contribution in [3.63, 3.8) is 0 Å². The number of hydrogen-bond acceptors (Lipinski definition) is 5. The van der Waals surface area contributed by atoms with Gasteiger partial charge in [0.25, 0.3) is 0 Å². The predicted molar refractivity (Wildman–Crippen MR) is 62.7 cm³/mol. The molecule has 4 N–H and O–H groups in total. The van der Waals surface area contributed by atoms with E-state index in [0.29, 0.717) is 18.6 Å².